The Labute approximate surface area is 164 Å². The first-order valence-electron chi connectivity index (χ1n) is 9.09. The normalized spacial score (nSPS) is 20.7. The summed E-state index contributed by atoms with van der Waals surface area (Å²) in [5.41, 5.74) is 5.59. The topological polar surface area (TPSA) is 68.0 Å². The molecule has 0 bridgehead atoms. The quantitative estimate of drug-likeness (QED) is 0.705. The Morgan fingerprint density at radius 1 is 1.20 bits per heavy atom. The monoisotopic (exact) mass is 399 g/mol. The minimum Gasteiger partial charge on any atom is -0.381 e. The first-order valence-corrected chi connectivity index (χ1v) is 9.09. The number of hydrogen-bond donors (Lipinski definition) is 1. The van der Waals surface area contributed by atoms with Crippen LogP contribution in [0.5, 0.6) is 0 Å². The van der Waals surface area contributed by atoms with Crippen LogP contribution in [0.15, 0.2) is 0 Å². The van der Waals surface area contributed by atoms with Crippen molar-refractivity contribution in [2.45, 2.75) is 51.2 Å². The van der Waals surface area contributed by atoms with Gasteiger partial charge in [-0.05, 0) is 38.8 Å². The second kappa shape index (κ2) is 12.3. The molecule has 6 nitrogen and oxygen atoms in total. The van der Waals surface area contributed by atoms with Crippen LogP contribution in [0.3, 0.4) is 0 Å². The summed E-state index contributed by atoms with van der Waals surface area (Å²) in [5.74, 6) is 0.0994. The molecule has 2 heterocycles. The molecule has 0 unspecified atom stereocenters. The molecule has 2 saturated heterocycles. The van der Waals surface area contributed by atoms with Gasteiger partial charge in [0.1, 0.15) is 0 Å². The Morgan fingerprint density at radius 3 is 2.28 bits per heavy atom. The number of likely N-dealkylation sites (N-methyl/N-ethyl adjacent to an activating group) is 1. The minimum atomic E-state index is -0.714. The lowest BCUT2D eigenvalue weighted by Gasteiger charge is -2.39. The smallest absolute Gasteiger partial charge is 0.242 e. The Hall–Kier alpha value is -0.110. The predicted octanol–water partition coefficient (Wildman–Crippen LogP) is 1.69. The van der Waals surface area contributed by atoms with Crippen LogP contribution in [0.25, 0.3) is 0 Å². The van der Waals surface area contributed by atoms with Crippen LogP contribution in [0, 0.1) is 0 Å². The number of piperidine rings is 1. The van der Waals surface area contributed by atoms with Crippen molar-refractivity contribution in [2.24, 2.45) is 5.73 Å². The molecule has 1 amide bonds. The molecule has 2 N–H and O–H groups in total. The molecule has 0 saturated carbocycles. The maximum Gasteiger partial charge on any atom is 0.242 e. The summed E-state index contributed by atoms with van der Waals surface area (Å²) in [6, 6.07) is 0. The van der Waals surface area contributed by atoms with Crippen LogP contribution >= 0.6 is 24.8 Å². The summed E-state index contributed by atoms with van der Waals surface area (Å²) in [6.45, 7) is 10.9. The lowest BCUT2D eigenvalue weighted by atomic mass is 9.89. The molecule has 8 heteroatoms. The highest BCUT2D eigenvalue weighted by Crippen LogP contribution is 2.23. The first kappa shape index (κ1) is 24.9. The molecule has 0 aromatic carbocycles. The molecule has 0 radical (unpaired) electrons. The van der Waals surface area contributed by atoms with Crippen LogP contribution in [-0.2, 0) is 14.3 Å². The third-order valence-electron chi connectivity index (χ3n) is 5.20. The summed E-state index contributed by atoms with van der Waals surface area (Å²) in [7, 11) is 0. The maximum absolute atomic E-state index is 12.7. The van der Waals surface area contributed by atoms with Crippen molar-refractivity contribution in [3.8, 4) is 0 Å². The van der Waals surface area contributed by atoms with Crippen LogP contribution in [0.4, 0.5) is 0 Å². The number of hydrogen-bond acceptors (Lipinski definition) is 5. The summed E-state index contributed by atoms with van der Waals surface area (Å²) < 4.78 is 11.3. The largest absolute Gasteiger partial charge is 0.381 e. The standard InChI is InChI=1S/C17H33N3O3.2ClH/c1-3-19(4-2)11-14-23-15-5-9-20(10-6-15)16(21)17(18)7-12-22-13-8-17;;/h15H,3-14,18H2,1-2H3;2*1H. The van der Waals surface area contributed by atoms with Gasteiger partial charge in [-0.15, -0.1) is 24.8 Å². The van der Waals surface area contributed by atoms with Gasteiger partial charge in [-0.3, -0.25) is 4.79 Å². The van der Waals surface area contributed by atoms with Crippen molar-refractivity contribution in [1.29, 1.82) is 0 Å². The molecule has 150 valence electrons. The minimum absolute atomic E-state index is 0. The predicted molar refractivity (Wildman–Crippen MR) is 105 cm³/mol. The number of nitrogens with zero attached hydrogens (tertiary/aromatic N) is 2. The second-order valence-corrected chi connectivity index (χ2v) is 6.66. The summed E-state index contributed by atoms with van der Waals surface area (Å²) in [5, 5.41) is 0. The third kappa shape index (κ3) is 7.19. The van der Waals surface area contributed by atoms with E-state index in [1.54, 1.807) is 0 Å². The van der Waals surface area contributed by atoms with E-state index in [-0.39, 0.29) is 36.8 Å². The molecule has 2 fully saturated rings. The Bertz CT molecular complexity index is 370. The van der Waals surface area contributed by atoms with E-state index in [9.17, 15) is 4.79 Å². The fourth-order valence-electron chi connectivity index (χ4n) is 3.38. The van der Waals surface area contributed by atoms with Crippen LogP contribution in [-0.4, -0.2) is 79.9 Å². The molecular formula is C17H35Cl2N3O3. The number of ether oxygens (including phenoxy) is 2. The number of nitrogens with two attached hydrogens (primary N) is 1. The van der Waals surface area contributed by atoms with Gasteiger partial charge >= 0.3 is 0 Å². The molecule has 25 heavy (non-hydrogen) atoms. The van der Waals surface area contributed by atoms with E-state index in [2.05, 4.69) is 18.7 Å². The fourth-order valence-corrected chi connectivity index (χ4v) is 3.38. The number of likely N-dealkylation sites (tertiary alicyclic amines) is 1. The van der Waals surface area contributed by atoms with Crippen LogP contribution in [0.1, 0.15) is 39.5 Å². The van der Waals surface area contributed by atoms with E-state index in [1.807, 2.05) is 4.90 Å². The molecule has 0 aromatic rings. The SMILES string of the molecule is CCN(CC)CCOC1CCN(C(=O)C2(N)CCOCC2)CC1.Cl.Cl. The van der Waals surface area contributed by atoms with Crippen molar-refractivity contribution >= 4 is 30.7 Å². The highest BCUT2D eigenvalue weighted by atomic mass is 35.5. The van der Waals surface area contributed by atoms with Crippen molar-refractivity contribution in [1.82, 2.24) is 9.80 Å². The lowest BCUT2D eigenvalue weighted by molar-refractivity contribution is -0.143. The van der Waals surface area contributed by atoms with Crippen LogP contribution in [0.2, 0.25) is 0 Å². The van der Waals surface area contributed by atoms with Crippen molar-refractivity contribution in [2.75, 3.05) is 52.5 Å². The van der Waals surface area contributed by atoms with Crippen LogP contribution < -0.4 is 5.73 Å². The molecule has 2 aliphatic rings. The molecule has 0 spiro atoms. The van der Waals surface area contributed by atoms with Crippen molar-refractivity contribution < 1.29 is 14.3 Å². The number of rotatable bonds is 7. The first-order chi connectivity index (χ1) is 11.1. The van der Waals surface area contributed by atoms with E-state index in [4.69, 9.17) is 15.2 Å². The average Bonchev–Trinajstić information content (AvgIpc) is 2.59. The van der Waals surface area contributed by atoms with Gasteiger partial charge in [0.15, 0.2) is 0 Å². The van der Waals surface area contributed by atoms with Crippen molar-refractivity contribution in [3.63, 3.8) is 0 Å². The number of carbonyl (C=O) groups excluding carboxylic acids is 1. The second-order valence-electron chi connectivity index (χ2n) is 6.66. The maximum atomic E-state index is 12.7. The van der Waals surface area contributed by atoms with E-state index >= 15 is 0 Å². The third-order valence-corrected chi connectivity index (χ3v) is 5.20. The zero-order valence-electron chi connectivity index (χ0n) is 15.6. The lowest BCUT2D eigenvalue weighted by Crippen LogP contribution is -2.59. The van der Waals surface area contributed by atoms with Gasteiger partial charge in [0.2, 0.25) is 5.91 Å². The van der Waals surface area contributed by atoms with Gasteiger partial charge in [-0.1, -0.05) is 13.8 Å². The Kier molecular flexibility index (Phi) is 12.3. The molecule has 2 rings (SSSR count). The van der Waals surface area contributed by atoms with Gasteiger partial charge in [-0.25, -0.2) is 0 Å². The zero-order valence-corrected chi connectivity index (χ0v) is 17.2. The highest BCUT2D eigenvalue weighted by Gasteiger charge is 2.39. The van der Waals surface area contributed by atoms with Gasteiger partial charge in [0.25, 0.3) is 0 Å². The Balaban J connectivity index is 0.00000288. The zero-order chi connectivity index (χ0) is 16.7. The van der Waals surface area contributed by atoms with Gasteiger partial charge in [-0.2, -0.15) is 0 Å². The van der Waals surface area contributed by atoms with Gasteiger partial charge < -0.3 is 25.0 Å². The summed E-state index contributed by atoms with van der Waals surface area (Å²) in [4.78, 5) is 16.9. The van der Waals surface area contributed by atoms with E-state index in [1.165, 1.54) is 0 Å². The van der Waals surface area contributed by atoms with Crippen molar-refractivity contribution in [3.05, 3.63) is 0 Å². The van der Waals surface area contributed by atoms with Gasteiger partial charge in [0, 0.05) is 32.8 Å². The summed E-state index contributed by atoms with van der Waals surface area (Å²) >= 11 is 0. The molecule has 0 aromatic heterocycles. The fraction of sp³-hybridized carbons (Fsp3) is 0.941. The highest BCUT2D eigenvalue weighted by molar-refractivity contribution is 5.86. The molecule has 0 aliphatic carbocycles. The number of carbonyl (C=O) groups is 1. The molecule has 2 aliphatic heterocycles. The average molecular weight is 400 g/mol. The number of halogens is 2. The number of amides is 1. The molecular weight excluding hydrogens is 365 g/mol. The Morgan fingerprint density at radius 2 is 1.76 bits per heavy atom. The molecule has 0 atom stereocenters. The van der Waals surface area contributed by atoms with E-state index in [0.717, 1.165) is 52.2 Å². The van der Waals surface area contributed by atoms with E-state index < -0.39 is 5.54 Å². The van der Waals surface area contributed by atoms with E-state index in [0.29, 0.717) is 26.1 Å². The summed E-state index contributed by atoms with van der Waals surface area (Å²) in [6.07, 6.45) is 3.36. The van der Waals surface area contributed by atoms with Gasteiger partial charge in [0.05, 0.1) is 18.2 Å².